The lowest BCUT2D eigenvalue weighted by molar-refractivity contribution is 0.0894. The number of fused-ring (bicyclic) bond motifs is 3. The van der Waals surface area contributed by atoms with E-state index in [0.29, 0.717) is 17.6 Å². The first-order chi connectivity index (χ1) is 13.6. The molecule has 3 atom stereocenters. The Hall–Kier alpha value is -2.86. The third-order valence-electron chi connectivity index (χ3n) is 6.14. The molecule has 6 nitrogen and oxygen atoms in total. The Balaban J connectivity index is 1.39. The molecule has 1 saturated heterocycles. The smallest absolute Gasteiger partial charge is 0.287 e. The van der Waals surface area contributed by atoms with Crippen molar-refractivity contribution in [2.24, 2.45) is 13.0 Å². The van der Waals surface area contributed by atoms with Crippen LogP contribution in [0.25, 0.3) is 0 Å². The largest absolute Gasteiger partial charge is 0.456 e. The molecule has 0 unspecified atom stereocenters. The number of nitrogens with one attached hydrogen (secondary N) is 1. The molecule has 2 aromatic heterocycles. The van der Waals surface area contributed by atoms with E-state index in [9.17, 15) is 4.79 Å². The predicted octanol–water partition coefficient (Wildman–Crippen LogP) is 3.02. The molecule has 6 heteroatoms. The number of amides is 1. The normalized spacial score (nSPS) is 23.6. The highest BCUT2D eigenvalue weighted by molar-refractivity contribution is 5.92. The van der Waals surface area contributed by atoms with Gasteiger partial charge in [0.1, 0.15) is 11.6 Å². The second-order valence-corrected chi connectivity index (χ2v) is 7.91. The zero-order valence-corrected chi connectivity index (χ0v) is 16.1. The molecule has 0 saturated carbocycles. The minimum atomic E-state index is -0.142. The lowest BCUT2D eigenvalue weighted by atomic mass is 9.94. The van der Waals surface area contributed by atoms with E-state index < -0.39 is 0 Å². The van der Waals surface area contributed by atoms with Crippen molar-refractivity contribution in [2.45, 2.75) is 25.4 Å². The second kappa shape index (κ2) is 6.63. The van der Waals surface area contributed by atoms with Crippen molar-refractivity contribution in [2.75, 3.05) is 13.1 Å². The van der Waals surface area contributed by atoms with Crippen LogP contribution in [0, 0.1) is 12.8 Å². The Morgan fingerprint density at radius 3 is 2.75 bits per heavy atom. The molecule has 3 heterocycles. The predicted molar refractivity (Wildman–Crippen MR) is 105 cm³/mol. The molecule has 1 aromatic carbocycles. The number of aryl methyl sites for hydroxylation is 2. The zero-order chi connectivity index (χ0) is 19.3. The fourth-order valence-electron chi connectivity index (χ4n) is 4.77. The van der Waals surface area contributed by atoms with E-state index in [1.165, 1.54) is 11.1 Å². The summed E-state index contributed by atoms with van der Waals surface area (Å²) < 4.78 is 7.60. The topological polar surface area (TPSA) is 63.3 Å². The summed E-state index contributed by atoms with van der Waals surface area (Å²) in [6.45, 7) is 4.61. The summed E-state index contributed by atoms with van der Waals surface area (Å²) in [5, 5.41) is 3.25. The van der Waals surface area contributed by atoms with Crippen LogP contribution in [0.15, 0.2) is 53.2 Å². The Labute approximate surface area is 164 Å². The molecule has 0 radical (unpaired) electrons. The van der Waals surface area contributed by atoms with Crippen molar-refractivity contribution in [3.63, 3.8) is 0 Å². The number of furan rings is 1. The van der Waals surface area contributed by atoms with E-state index >= 15 is 0 Å². The average molecular weight is 376 g/mol. The Morgan fingerprint density at radius 2 is 2.04 bits per heavy atom. The molecule has 1 N–H and O–H groups in total. The number of carbonyl (C=O) groups excluding carboxylic acids is 1. The second-order valence-electron chi connectivity index (χ2n) is 7.91. The van der Waals surface area contributed by atoms with E-state index in [4.69, 9.17) is 4.42 Å². The maximum absolute atomic E-state index is 12.8. The van der Waals surface area contributed by atoms with Crippen LogP contribution in [0.4, 0.5) is 0 Å². The lowest BCUT2D eigenvalue weighted by Crippen LogP contribution is -2.33. The highest BCUT2D eigenvalue weighted by atomic mass is 16.3. The molecule has 5 rings (SSSR count). The van der Waals surface area contributed by atoms with Crippen molar-refractivity contribution in [1.82, 2.24) is 19.8 Å². The van der Waals surface area contributed by atoms with Crippen LogP contribution < -0.4 is 5.32 Å². The summed E-state index contributed by atoms with van der Waals surface area (Å²) in [6, 6.07) is 12.1. The van der Waals surface area contributed by atoms with Crippen molar-refractivity contribution in [3.8, 4) is 0 Å². The maximum Gasteiger partial charge on any atom is 0.287 e. The average Bonchev–Trinajstić information content (AvgIpc) is 3.44. The number of aromatic nitrogens is 2. The van der Waals surface area contributed by atoms with Crippen LogP contribution in [-0.4, -0.2) is 33.4 Å². The van der Waals surface area contributed by atoms with Gasteiger partial charge < -0.3 is 14.3 Å². The van der Waals surface area contributed by atoms with Gasteiger partial charge in [-0.05, 0) is 30.2 Å². The Kier molecular flexibility index (Phi) is 4.09. The number of rotatable bonds is 4. The number of benzene rings is 1. The molecule has 0 bridgehead atoms. The number of nitrogens with zero attached hydrogens (tertiary/aromatic N) is 3. The number of hydrogen-bond acceptors (Lipinski definition) is 4. The molecule has 1 amide bonds. The Morgan fingerprint density at radius 1 is 1.21 bits per heavy atom. The van der Waals surface area contributed by atoms with Gasteiger partial charge in [0.15, 0.2) is 5.76 Å². The minimum Gasteiger partial charge on any atom is -0.456 e. The monoisotopic (exact) mass is 376 g/mol. The van der Waals surface area contributed by atoms with E-state index in [2.05, 4.69) is 44.0 Å². The quantitative estimate of drug-likeness (QED) is 0.760. The molecular formula is C22H24N4O2. The van der Waals surface area contributed by atoms with Gasteiger partial charge in [0.25, 0.3) is 5.91 Å². The Bertz CT molecular complexity index is 1020. The van der Waals surface area contributed by atoms with E-state index in [0.717, 1.165) is 31.2 Å². The van der Waals surface area contributed by atoms with Gasteiger partial charge in [0.05, 0.1) is 12.6 Å². The summed E-state index contributed by atoms with van der Waals surface area (Å²) in [5.41, 5.74) is 2.60. The standard InChI is InChI=1S/C22H24N4O2/c1-14-7-8-19(28-14)22(27)24-21-16-6-4-3-5-15(16)17-11-26(12-18(17)21)13-20-23-9-10-25(20)2/h3-10,17-18,21H,11-13H2,1-2H3,(H,24,27)/t17-,18-,21+/m0/s1. The maximum atomic E-state index is 12.8. The van der Waals surface area contributed by atoms with Crippen LogP contribution in [0.5, 0.6) is 0 Å². The summed E-state index contributed by atoms with van der Waals surface area (Å²) >= 11 is 0. The zero-order valence-electron chi connectivity index (χ0n) is 16.1. The van der Waals surface area contributed by atoms with E-state index in [1.54, 1.807) is 6.07 Å². The molecule has 1 aliphatic carbocycles. The fourth-order valence-corrected chi connectivity index (χ4v) is 4.77. The van der Waals surface area contributed by atoms with Gasteiger partial charge >= 0.3 is 0 Å². The number of hydrogen-bond donors (Lipinski definition) is 1. The third kappa shape index (κ3) is 2.85. The van der Waals surface area contributed by atoms with Gasteiger partial charge in [-0.2, -0.15) is 0 Å². The van der Waals surface area contributed by atoms with Crippen LogP contribution >= 0.6 is 0 Å². The van der Waals surface area contributed by atoms with Crippen LogP contribution in [0.2, 0.25) is 0 Å². The van der Waals surface area contributed by atoms with Crippen LogP contribution in [0.1, 0.15) is 45.2 Å². The molecule has 1 fully saturated rings. The van der Waals surface area contributed by atoms with E-state index in [1.807, 2.05) is 32.4 Å². The molecule has 3 aromatic rings. The molecule has 0 spiro atoms. The first-order valence-electron chi connectivity index (χ1n) is 9.75. The summed E-state index contributed by atoms with van der Waals surface area (Å²) in [7, 11) is 2.03. The molecule has 1 aliphatic heterocycles. The first kappa shape index (κ1) is 17.3. The van der Waals surface area contributed by atoms with Crippen molar-refractivity contribution < 1.29 is 9.21 Å². The molecular weight excluding hydrogens is 352 g/mol. The molecule has 2 aliphatic rings. The van der Waals surface area contributed by atoms with Crippen molar-refractivity contribution in [1.29, 1.82) is 0 Å². The van der Waals surface area contributed by atoms with Gasteiger partial charge in [-0.25, -0.2) is 4.98 Å². The molecule has 28 heavy (non-hydrogen) atoms. The fraction of sp³-hybridized carbons (Fsp3) is 0.364. The summed E-state index contributed by atoms with van der Waals surface area (Å²) in [5.74, 6) is 2.84. The van der Waals surface area contributed by atoms with Gasteiger partial charge in [0, 0.05) is 44.4 Å². The SMILES string of the molecule is Cc1ccc(C(=O)N[C@@H]2c3ccccc3[C@@H]3CN(Cc4nccn4C)C[C@H]23)o1. The molecule has 144 valence electrons. The van der Waals surface area contributed by atoms with Crippen LogP contribution in [0.3, 0.4) is 0 Å². The highest BCUT2D eigenvalue weighted by Crippen LogP contribution is 2.49. The number of likely N-dealkylation sites (tertiary alicyclic amines) is 1. The van der Waals surface area contributed by atoms with Gasteiger partial charge in [-0.15, -0.1) is 0 Å². The summed E-state index contributed by atoms with van der Waals surface area (Å²) in [6.07, 6.45) is 3.83. The van der Waals surface area contributed by atoms with Crippen LogP contribution in [-0.2, 0) is 13.6 Å². The summed E-state index contributed by atoms with van der Waals surface area (Å²) in [4.78, 5) is 19.7. The van der Waals surface area contributed by atoms with Crippen molar-refractivity contribution >= 4 is 5.91 Å². The highest BCUT2D eigenvalue weighted by Gasteiger charge is 2.46. The van der Waals surface area contributed by atoms with Gasteiger partial charge in [0.2, 0.25) is 0 Å². The lowest BCUT2D eigenvalue weighted by Gasteiger charge is -2.22. The van der Waals surface area contributed by atoms with Crippen molar-refractivity contribution in [3.05, 3.63) is 77.3 Å². The van der Waals surface area contributed by atoms with Gasteiger partial charge in [-0.3, -0.25) is 9.69 Å². The number of imidazole rings is 1. The first-order valence-corrected chi connectivity index (χ1v) is 9.75. The van der Waals surface area contributed by atoms with Gasteiger partial charge in [-0.1, -0.05) is 24.3 Å². The van der Waals surface area contributed by atoms with E-state index in [-0.39, 0.29) is 11.9 Å². The minimum absolute atomic E-state index is 0.00507. The third-order valence-corrected chi connectivity index (χ3v) is 6.14. The number of carbonyl (C=O) groups is 1.